The summed E-state index contributed by atoms with van der Waals surface area (Å²) in [7, 11) is 4.15. The fourth-order valence-corrected chi connectivity index (χ4v) is 4.71. The van der Waals surface area contributed by atoms with Gasteiger partial charge in [0.05, 0.1) is 16.6 Å². The van der Waals surface area contributed by atoms with Gasteiger partial charge >= 0.3 is 0 Å². The lowest BCUT2D eigenvalue weighted by Crippen LogP contribution is -1.98. The Morgan fingerprint density at radius 1 is 0.471 bits per heavy atom. The summed E-state index contributed by atoms with van der Waals surface area (Å²) in [5, 5.41) is 0. The minimum atomic E-state index is 0.788. The Morgan fingerprint density at radius 3 is 1.47 bits per heavy atom. The lowest BCUT2D eigenvalue weighted by atomic mass is 9.82. The summed E-state index contributed by atoms with van der Waals surface area (Å²) in [6.45, 7) is 0. The average Bonchev–Trinajstić information content (AvgIpc) is 2.93. The third-order valence-corrected chi connectivity index (χ3v) is 6.26. The second-order valence-corrected chi connectivity index (χ2v) is 8.20. The zero-order chi connectivity index (χ0) is 23.3. The van der Waals surface area contributed by atoms with E-state index in [-0.39, 0.29) is 0 Å². The number of methoxy groups -OCH3 is 1. The van der Waals surface area contributed by atoms with Crippen LogP contribution in [0.4, 0.5) is 0 Å². The zero-order valence-corrected chi connectivity index (χ0v) is 20.1. The Balaban J connectivity index is 1.99. The van der Waals surface area contributed by atoms with Gasteiger partial charge < -0.3 is 9.26 Å². The van der Waals surface area contributed by atoms with E-state index in [1.165, 1.54) is 0 Å². The largest absolute Gasteiger partial charge is 0.496 e. The van der Waals surface area contributed by atoms with Crippen LogP contribution in [0.2, 0.25) is 0 Å². The van der Waals surface area contributed by atoms with Gasteiger partial charge in [0.2, 0.25) is 0 Å². The molecule has 0 aliphatic heterocycles. The maximum Gasteiger partial charge on any atom is 0.131 e. The van der Waals surface area contributed by atoms with Gasteiger partial charge in [0, 0.05) is 16.7 Å². The van der Waals surface area contributed by atoms with Gasteiger partial charge in [-0.15, -0.1) is 0 Å². The third-order valence-electron chi connectivity index (χ3n) is 6.00. The molecule has 34 heavy (non-hydrogen) atoms. The molecule has 0 spiro atoms. The monoisotopic (exact) mass is 460 g/mol. The molecule has 5 rings (SSSR count). The van der Waals surface area contributed by atoms with Crippen molar-refractivity contribution < 1.29 is 9.26 Å². The Bertz CT molecular complexity index is 1400. The van der Waals surface area contributed by atoms with Crippen LogP contribution in [0.3, 0.4) is 0 Å². The SMILES string of the molecule is COc1ccccc1-c1cc(OP)c(-c2ccccc2)c(-c2ccccc2)c1-c1ccccc1. The molecular weight excluding hydrogens is 435 g/mol. The molecule has 5 aromatic rings. The Hall–Kier alpha value is -3.87. The second kappa shape index (κ2) is 9.95. The highest BCUT2D eigenvalue weighted by Gasteiger charge is 2.24. The van der Waals surface area contributed by atoms with Crippen molar-refractivity contribution in [3.05, 3.63) is 121 Å². The molecule has 3 heteroatoms. The van der Waals surface area contributed by atoms with Crippen LogP contribution in [-0.2, 0) is 0 Å². The van der Waals surface area contributed by atoms with Crippen LogP contribution in [0.15, 0.2) is 121 Å². The molecule has 2 nitrogen and oxygen atoms in total. The van der Waals surface area contributed by atoms with Crippen molar-refractivity contribution in [2.75, 3.05) is 7.11 Å². The minimum absolute atomic E-state index is 0.788. The predicted molar refractivity (Wildman–Crippen MR) is 145 cm³/mol. The number of benzene rings is 5. The Labute approximate surface area is 203 Å². The van der Waals surface area contributed by atoms with Crippen molar-refractivity contribution in [3.63, 3.8) is 0 Å². The van der Waals surface area contributed by atoms with Crippen LogP contribution in [-0.4, -0.2) is 7.11 Å². The standard InChI is InChI=1S/C31H25O2P/c1-32-27-20-12-11-19-25(27)26-21-28(33-34)30(23-15-7-3-8-16-23)31(24-17-9-4-10-18-24)29(26)22-13-5-2-6-14-22/h2-21H,34H2,1H3. The molecule has 0 heterocycles. The molecule has 0 aliphatic carbocycles. The molecule has 0 radical (unpaired) electrons. The van der Waals surface area contributed by atoms with Crippen molar-refractivity contribution in [3.8, 4) is 56.0 Å². The first-order valence-corrected chi connectivity index (χ1v) is 11.7. The van der Waals surface area contributed by atoms with Crippen LogP contribution in [0, 0.1) is 0 Å². The van der Waals surface area contributed by atoms with Gasteiger partial charge in [-0.25, -0.2) is 0 Å². The van der Waals surface area contributed by atoms with E-state index in [0.29, 0.717) is 0 Å². The van der Waals surface area contributed by atoms with Crippen LogP contribution in [0.25, 0.3) is 44.5 Å². The molecule has 0 N–H and O–H groups in total. The summed E-state index contributed by atoms with van der Waals surface area (Å²) in [6, 6.07) is 41.8. The molecule has 1 atom stereocenters. The smallest absolute Gasteiger partial charge is 0.131 e. The summed E-state index contributed by atoms with van der Waals surface area (Å²) in [5.41, 5.74) is 8.75. The Morgan fingerprint density at radius 2 is 0.941 bits per heavy atom. The first kappa shape index (κ1) is 21.9. The average molecular weight is 461 g/mol. The molecule has 0 aromatic heterocycles. The van der Waals surface area contributed by atoms with E-state index in [9.17, 15) is 0 Å². The fraction of sp³-hybridized carbons (Fsp3) is 0.0323. The highest BCUT2D eigenvalue weighted by molar-refractivity contribution is 7.10. The summed E-state index contributed by atoms with van der Waals surface area (Å²) < 4.78 is 11.7. The first-order valence-electron chi connectivity index (χ1n) is 11.2. The van der Waals surface area contributed by atoms with E-state index >= 15 is 0 Å². The van der Waals surface area contributed by atoms with Gasteiger partial charge in [0.1, 0.15) is 11.5 Å². The number of hydrogen-bond donors (Lipinski definition) is 0. The van der Waals surface area contributed by atoms with Gasteiger partial charge in [-0.3, -0.25) is 0 Å². The molecule has 0 fully saturated rings. The molecule has 0 aliphatic rings. The van der Waals surface area contributed by atoms with E-state index in [1.807, 2.05) is 36.4 Å². The molecule has 0 saturated carbocycles. The quantitative estimate of drug-likeness (QED) is 0.236. The third kappa shape index (κ3) is 4.09. The van der Waals surface area contributed by atoms with Crippen molar-refractivity contribution in [1.82, 2.24) is 0 Å². The number of hydrogen-bond acceptors (Lipinski definition) is 2. The lowest BCUT2D eigenvalue weighted by Gasteiger charge is -2.24. The maximum atomic E-state index is 5.96. The predicted octanol–water partition coefficient (Wildman–Crippen LogP) is 8.53. The van der Waals surface area contributed by atoms with Gasteiger partial charge in [0.25, 0.3) is 0 Å². The highest BCUT2D eigenvalue weighted by Crippen LogP contribution is 2.51. The fourth-order valence-electron chi connectivity index (χ4n) is 4.52. The van der Waals surface area contributed by atoms with E-state index in [0.717, 1.165) is 56.0 Å². The molecule has 1 unspecified atom stereocenters. The van der Waals surface area contributed by atoms with E-state index in [2.05, 4.69) is 94.4 Å². The minimum Gasteiger partial charge on any atom is -0.496 e. The van der Waals surface area contributed by atoms with Crippen LogP contribution in [0.5, 0.6) is 11.5 Å². The molecular formula is C31H25O2P. The van der Waals surface area contributed by atoms with Gasteiger partial charge in [-0.05, 0) is 39.9 Å². The number of para-hydroxylation sites is 1. The van der Waals surface area contributed by atoms with Crippen LogP contribution >= 0.6 is 9.47 Å². The first-order chi connectivity index (χ1) is 16.8. The molecule has 0 bridgehead atoms. The summed E-state index contributed by atoms with van der Waals surface area (Å²) in [6.07, 6.45) is 0. The Kier molecular flexibility index (Phi) is 6.42. The number of rotatable bonds is 6. The molecule has 0 amide bonds. The topological polar surface area (TPSA) is 18.5 Å². The van der Waals surface area contributed by atoms with E-state index < -0.39 is 0 Å². The van der Waals surface area contributed by atoms with Gasteiger partial charge in [-0.2, -0.15) is 0 Å². The van der Waals surface area contributed by atoms with Crippen molar-refractivity contribution >= 4 is 9.47 Å². The van der Waals surface area contributed by atoms with Crippen LogP contribution < -0.4 is 9.26 Å². The number of ether oxygens (including phenoxy) is 1. The maximum absolute atomic E-state index is 5.96. The summed E-state index contributed by atoms with van der Waals surface area (Å²) in [5.74, 6) is 1.61. The van der Waals surface area contributed by atoms with Gasteiger partial charge in [-0.1, -0.05) is 109 Å². The molecule has 0 saturated heterocycles. The van der Waals surface area contributed by atoms with E-state index in [1.54, 1.807) is 7.11 Å². The summed E-state index contributed by atoms with van der Waals surface area (Å²) >= 11 is 0. The van der Waals surface area contributed by atoms with Crippen LogP contribution in [0.1, 0.15) is 0 Å². The summed E-state index contributed by atoms with van der Waals surface area (Å²) in [4.78, 5) is 0. The molecule has 166 valence electrons. The van der Waals surface area contributed by atoms with Crippen molar-refractivity contribution in [1.29, 1.82) is 0 Å². The molecule has 5 aromatic carbocycles. The second-order valence-electron chi connectivity index (χ2n) is 7.96. The zero-order valence-electron chi connectivity index (χ0n) is 18.9. The normalized spacial score (nSPS) is 10.6. The highest BCUT2D eigenvalue weighted by atomic mass is 31.0. The lowest BCUT2D eigenvalue weighted by molar-refractivity contribution is 0.416. The van der Waals surface area contributed by atoms with E-state index in [4.69, 9.17) is 9.26 Å². The van der Waals surface area contributed by atoms with Crippen molar-refractivity contribution in [2.45, 2.75) is 0 Å². The van der Waals surface area contributed by atoms with Gasteiger partial charge in [0.15, 0.2) is 0 Å². The van der Waals surface area contributed by atoms with Crippen molar-refractivity contribution in [2.24, 2.45) is 0 Å².